The van der Waals surface area contributed by atoms with Crippen molar-refractivity contribution in [2.75, 3.05) is 13.2 Å². The van der Waals surface area contributed by atoms with Crippen molar-refractivity contribution in [1.82, 2.24) is 0 Å². The largest absolute Gasteiger partial charge is 0.480 e. The Labute approximate surface area is 124 Å². The molecule has 0 aromatic heterocycles. The number of carboxylic acid groups (broad SMARTS) is 2. The number of carbonyl (C=O) groups is 2. The summed E-state index contributed by atoms with van der Waals surface area (Å²) in [5, 5.41) is 55.7. The second-order valence-corrected chi connectivity index (χ2v) is 4.91. The third-order valence-corrected chi connectivity index (χ3v) is 3.30. The van der Waals surface area contributed by atoms with Gasteiger partial charge in [0.1, 0.15) is 24.9 Å². The molecular weight excluding hydrogens is 306 g/mol. The summed E-state index contributed by atoms with van der Waals surface area (Å²) in [6.07, 6.45) is -7.30. The van der Waals surface area contributed by atoms with E-state index in [1.165, 1.54) is 0 Å². The predicted molar refractivity (Wildman–Crippen MR) is 66.5 cm³/mol. The zero-order valence-corrected chi connectivity index (χ0v) is 11.4. The van der Waals surface area contributed by atoms with Crippen molar-refractivity contribution in [2.24, 2.45) is 5.73 Å². The quantitative estimate of drug-likeness (QED) is 0.241. The number of hydrogen-bond donors (Lipinski definition) is 7. The Bertz CT molecular complexity index is 418. The van der Waals surface area contributed by atoms with Crippen LogP contribution in [0.1, 0.15) is 6.42 Å². The Morgan fingerprint density at radius 3 is 2.41 bits per heavy atom. The molecule has 1 saturated heterocycles. The van der Waals surface area contributed by atoms with E-state index in [2.05, 4.69) is 0 Å². The maximum atomic E-state index is 11.4. The van der Waals surface area contributed by atoms with Gasteiger partial charge in [0, 0.05) is 6.42 Å². The Kier molecular flexibility index (Phi) is 6.19. The van der Waals surface area contributed by atoms with E-state index >= 15 is 0 Å². The zero-order chi connectivity index (χ0) is 17.1. The molecule has 11 nitrogen and oxygen atoms in total. The van der Waals surface area contributed by atoms with Crippen molar-refractivity contribution in [2.45, 2.75) is 42.7 Å². The van der Waals surface area contributed by atoms with Crippen LogP contribution in [0.5, 0.6) is 0 Å². The molecule has 0 aromatic carbocycles. The molecule has 1 fully saturated rings. The first-order chi connectivity index (χ1) is 10.1. The fraction of sp³-hybridized carbons (Fsp3) is 0.818. The molecule has 0 aromatic rings. The van der Waals surface area contributed by atoms with Gasteiger partial charge in [-0.1, -0.05) is 0 Å². The van der Waals surface area contributed by atoms with Gasteiger partial charge < -0.3 is 45.8 Å². The van der Waals surface area contributed by atoms with Gasteiger partial charge in [0.15, 0.2) is 0 Å². The second kappa shape index (κ2) is 7.28. The van der Waals surface area contributed by atoms with Crippen LogP contribution in [-0.2, 0) is 19.1 Å². The number of aliphatic carboxylic acids is 2. The molecule has 11 heteroatoms. The lowest BCUT2D eigenvalue weighted by atomic mass is 9.89. The third-order valence-electron chi connectivity index (χ3n) is 3.30. The van der Waals surface area contributed by atoms with E-state index in [1.807, 2.05) is 0 Å². The molecule has 0 radical (unpaired) electrons. The van der Waals surface area contributed by atoms with Crippen LogP contribution in [0.15, 0.2) is 0 Å². The Balaban J connectivity index is 3.04. The highest BCUT2D eigenvalue weighted by molar-refractivity contribution is 5.77. The third kappa shape index (κ3) is 3.89. The average molecular weight is 325 g/mol. The molecule has 0 saturated carbocycles. The molecule has 0 spiro atoms. The van der Waals surface area contributed by atoms with Crippen molar-refractivity contribution >= 4 is 11.9 Å². The molecule has 22 heavy (non-hydrogen) atoms. The van der Waals surface area contributed by atoms with E-state index < -0.39 is 67.8 Å². The number of nitrogens with two attached hydrogens (primary N) is 1. The first-order valence-corrected chi connectivity index (χ1v) is 6.32. The topological polar surface area (TPSA) is 200 Å². The molecule has 0 unspecified atom stereocenters. The number of aliphatic hydroxyl groups excluding tert-OH is 4. The van der Waals surface area contributed by atoms with E-state index in [0.29, 0.717) is 0 Å². The van der Waals surface area contributed by atoms with E-state index in [9.17, 15) is 30.0 Å². The molecule has 6 atom stereocenters. The van der Waals surface area contributed by atoms with Gasteiger partial charge >= 0.3 is 11.9 Å². The Morgan fingerprint density at radius 1 is 1.36 bits per heavy atom. The molecule has 0 amide bonds. The first kappa shape index (κ1) is 18.7. The minimum absolute atomic E-state index is 0.671. The molecular formula is C11H19NO10. The van der Waals surface area contributed by atoms with E-state index in [0.717, 1.165) is 0 Å². The predicted octanol–water partition coefficient (Wildman–Crippen LogP) is -3.94. The average Bonchev–Trinajstić information content (AvgIpc) is 2.46. The summed E-state index contributed by atoms with van der Waals surface area (Å²) in [7, 11) is 0. The highest BCUT2D eigenvalue weighted by atomic mass is 16.7. The second-order valence-electron chi connectivity index (χ2n) is 4.91. The molecule has 0 bridgehead atoms. The fourth-order valence-corrected chi connectivity index (χ4v) is 2.07. The van der Waals surface area contributed by atoms with Crippen LogP contribution in [0, 0.1) is 0 Å². The lowest BCUT2D eigenvalue weighted by Crippen LogP contribution is -2.66. The number of hydrogen-bond acceptors (Lipinski definition) is 9. The van der Waals surface area contributed by atoms with Gasteiger partial charge in [0.05, 0.1) is 18.8 Å². The molecule has 128 valence electrons. The van der Waals surface area contributed by atoms with Crippen LogP contribution in [0.4, 0.5) is 0 Å². The summed E-state index contributed by atoms with van der Waals surface area (Å²) in [6, 6.07) is -1.28. The van der Waals surface area contributed by atoms with Crippen LogP contribution >= 0.6 is 0 Å². The van der Waals surface area contributed by atoms with Gasteiger partial charge in [0.2, 0.25) is 0 Å². The van der Waals surface area contributed by atoms with Crippen molar-refractivity contribution < 1.29 is 49.7 Å². The van der Waals surface area contributed by atoms with E-state index in [4.69, 9.17) is 25.4 Å². The van der Waals surface area contributed by atoms with E-state index in [1.54, 1.807) is 0 Å². The van der Waals surface area contributed by atoms with Crippen LogP contribution in [0.25, 0.3) is 0 Å². The minimum Gasteiger partial charge on any atom is -0.480 e. The highest BCUT2D eigenvalue weighted by Crippen LogP contribution is 2.32. The Hall–Kier alpha value is -1.34. The van der Waals surface area contributed by atoms with Crippen LogP contribution in [-0.4, -0.2) is 92.0 Å². The zero-order valence-electron chi connectivity index (χ0n) is 11.4. The standard InChI is InChI=1S/C11H19NO10/c12-7-4(14)1-11(10(19)20,21-3-6(16)17)22-9(7)8(18)5(15)2-13/h4-5,7-9,13-15,18H,1-3,12H2,(H,16,17)(H,19,20)/t4-,5+,7+,8+,9+,11+/m0/s1. The summed E-state index contributed by atoms with van der Waals surface area (Å²) in [4.78, 5) is 21.9. The maximum Gasteiger partial charge on any atom is 0.364 e. The smallest absolute Gasteiger partial charge is 0.364 e. The molecule has 1 rings (SSSR count). The van der Waals surface area contributed by atoms with Crippen LogP contribution < -0.4 is 5.73 Å². The Morgan fingerprint density at radius 2 is 1.95 bits per heavy atom. The van der Waals surface area contributed by atoms with Crippen molar-refractivity contribution in [3.63, 3.8) is 0 Å². The van der Waals surface area contributed by atoms with Gasteiger partial charge in [-0.2, -0.15) is 0 Å². The van der Waals surface area contributed by atoms with Gasteiger partial charge in [-0.05, 0) is 0 Å². The molecule has 1 heterocycles. The first-order valence-electron chi connectivity index (χ1n) is 6.32. The van der Waals surface area contributed by atoms with Crippen LogP contribution in [0.3, 0.4) is 0 Å². The lowest BCUT2D eigenvalue weighted by molar-refractivity contribution is -0.308. The van der Waals surface area contributed by atoms with Crippen molar-refractivity contribution in [3.8, 4) is 0 Å². The fourth-order valence-electron chi connectivity index (χ4n) is 2.07. The summed E-state index contributed by atoms with van der Waals surface area (Å²) in [5.74, 6) is -5.74. The number of ether oxygens (including phenoxy) is 2. The maximum absolute atomic E-state index is 11.4. The normalized spacial score (nSPS) is 34.9. The SMILES string of the molecule is N[C@H]1[C@H]([C@H](O)[C@H](O)CO)O[C@@](OCC(=O)O)(C(=O)O)C[C@@H]1O. The molecule has 8 N–H and O–H groups in total. The molecule has 1 aliphatic rings. The van der Waals surface area contributed by atoms with Crippen molar-refractivity contribution in [3.05, 3.63) is 0 Å². The summed E-state index contributed by atoms with van der Waals surface area (Å²) >= 11 is 0. The highest BCUT2D eigenvalue weighted by Gasteiger charge is 2.54. The van der Waals surface area contributed by atoms with Gasteiger partial charge in [-0.3, -0.25) is 0 Å². The van der Waals surface area contributed by atoms with Gasteiger partial charge in [-0.15, -0.1) is 0 Å². The number of rotatable bonds is 7. The molecule has 1 aliphatic heterocycles. The van der Waals surface area contributed by atoms with Gasteiger partial charge in [-0.25, -0.2) is 9.59 Å². The van der Waals surface area contributed by atoms with Crippen molar-refractivity contribution in [1.29, 1.82) is 0 Å². The summed E-state index contributed by atoms with van der Waals surface area (Å²) in [6.45, 7) is -1.89. The minimum atomic E-state index is -2.55. The van der Waals surface area contributed by atoms with Crippen LogP contribution in [0.2, 0.25) is 0 Å². The monoisotopic (exact) mass is 325 g/mol. The number of aliphatic hydroxyl groups is 4. The van der Waals surface area contributed by atoms with Gasteiger partial charge in [0.25, 0.3) is 5.79 Å². The summed E-state index contributed by atoms with van der Waals surface area (Å²) in [5.41, 5.74) is 5.60. The lowest BCUT2D eigenvalue weighted by Gasteiger charge is -2.44. The van der Waals surface area contributed by atoms with E-state index in [-0.39, 0.29) is 0 Å². The molecule has 0 aliphatic carbocycles. The summed E-state index contributed by atoms with van der Waals surface area (Å²) < 4.78 is 9.78. The number of carboxylic acids is 2.